The Balaban J connectivity index is 1.38. The average Bonchev–Trinajstić information content (AvgIpc) is 3.24. The van der Waals surface area contributed by atoms with Gasteiger partial charge >= 0.3 is 5.97 Å². The van der Waals surface area contributed by atoms with Crippen molar-refractivity contribution in [2.45, 2.75) is 32.4 Å². The molecule has 0 saturated heterocycles. The quantitative estimate of drug-likeness (QED) is 0.376. The zero-order valence-corrected chi connectivity index (χ0v) is 19.2. The summed E-state index contributed by atoms with van der Waals surface area (Å²) in [6, 6.07) is 16.0. The predicted octanol–water partition coefficient (Wildman–Crippen LogP) is 5.87. The van der Waals surface area contributed by atoms with E-state index in [0.717, 1.165) is 36.0 Å². The average molecular weight is 467 g/mol. The monoisotopic (exact) mass is 466 g/mol. The number of unbranched alkanes of at least 4 members (excludes halogenated alkanes) is 1. The molecule has 1 aromatic heterocycles. The van der Waals surface area contributed by atoms with Crippen molar-refractivity contribution in [3.8, 4) is 0 Å². The molecule has 3 aromatic rings. The highest BCUT2D eigenvalue weighted by Gasteiger charge is 2.27. The topological polar surface area (TPSA) is 75.8 Å². The Kier molecular flexibility index (Phi) is 7.47. The van der Waals surface area contributed by atoms with Crippen molar-refractivity contribution in [2.24, 2.45) is 5.92 Å². The smallest absolute Gasteiger partial charge is 0.334 e. The SMILES string of the molecule is C[C@@H]1C=CC=C(C(=O)O)C1OCCCCN(Cc1ccc(Cl)cc1)c1nc2ccccc2o1. The van der Waals surface area contributed by atoms with Crippen LogP contribution in [0.5, 0.6) is 0 Å². The Bertz CT molecular complexity index is 1120. The van der Waals surface area contributed by atoms with Crippen LogP contribution in [0.15, 0.2) is 76.7 Å². The van der Waals surface area contributed by atoms with E-state index in [2.05, 4.69) is 9.88 Å². The van der Waals surface area contributed by atoms with Gasteiger partial charge in [0.2, 0.25) is 0 Å². The Labute approximate surface area is 198 Å². The lowest BCUT2D eigenvalue weighted by Crippen LogP contribution is -2.30. The minimum Gasteiger partial charge on any atom is -0.478 e. The molecule has 2 atom stereocenters. The normalized spacial score (nSPS) is 17.8. The Morgan fingerprint density at radius 2 is 1.97 bits per heavy atom. The van der Waals surface area contributed by atoms with Gasteiger partial charge in [0.05, 0.1) is 11.7 Å². The Morgan fingerprint density at radius 3 is 2.73 bits per heavy atom. The van der Waals surface area contributed by atoms with Gasteiger partial charge in [0, 0.05) is 30.6 Å². The molecule has 0 amide bonds. The van der Waals surface area contributed by atoms with Crippen LogP contribution in [0, 0.1) is 5.92 Å². The molecule has 172 valence electrons. The van der Waals surface area contributed by atoms with Crippen molar-refractivity contribution in [1.29, 1.82) is 0 Å². The summed E-state index contributed by atoms with van der Waals surface area (Å²) in [6.45, 7) is 3.82. The number of anilines is 1. The van der Waals surface area contributed by atoms with E-state index in [1.165, 1.54) is 0 Å². The molecule has 1 aliphatic carbocycles. The number of aliphatic carboxylic acids is 1. The van der Waals surface area contributed by atoms with Crippen LogP contribution in [0.4, 0.5) is 6.01 Å². The van der Waals surface area contributed by atoms with Crippen molar-refractivity contribution < 1.29 is 19.1 Å². The summed E-state index contributed by atoms with van der Waals surface area (Å²) in [5.41, 5.74) is 2.99. The van der Waals surface area contributed by atoms with Crippen LogP contribution in [-0.2, 0) is 16.1 Å². The molecule has 33 heavy (non-hydrogen) atoms. The molecule has 1 aliphatic rings. The lowest BCUT2D eigenvalue weighted by molar-refractivity contribution is -0.134. The zero-order valence-electron chi connectivity index (χ0n) is 18.5. The number of aromatic nitrogens is 1. The summed E-state index contributed by atoms with van der Waals surface area (Å²) in [5.74, 6) is -0.899. The standard InChI is InChI=1S/C26H27ClN2O4/c1-18-7-6-8-21(25(30)31)24(18)32-16-5-4-15-29(17-19-11-13-20(27)14-12-19)26-28-22-9-2-3-10-23(22)33-26/h2-3,6-14,18,24H,4-5,15-17H2,1H3,(H,30,31)/t18-,24?/m1/s1. The molecule has 0 fully saturated rings. The van der Waals surface area contributed by atoms with Gasteiger partial charge in [0.25, 0.3) is 6.01 Å². The number of halogens is 1. The van der Waals surface area contributed by atoms with Crippen molar-refractivity contribution in [3.05, 3.63) is 82.9 Å². The van der Waals surface area contributed by atoms with Crippen LogP contribution in [0.1, 0.15) is 25.3 Å². The van der Waals surface area contributed by atoms with Gasteiger partial charge in [0.15, 0.2) is 5.58 Å². The summed E-state index contributed by atoms with van der Waals surface area (Å²) in [5, 5.41) is 10.1. The first-order chi connectivity index (χ1) is 16.0. The number of hydrogen-bond donors (Lipinski definition) is 1. The second-order valence-electron chi connectivity index (χ2n) is 8.18. The van der Waals surface area contributed by atoms with Crippen LogP contribution < -0.4 is 4.90 Å². The summed E-state index contributed by atoms with van der Waals surface area (Å²) >= 11 is 6.04. The van der Waals surface area contributed by atoms with E-state index in [9.17, 15) is 9.90 Å². The fraction of sp³-hybridized carbons (Fsp3) is 0.308. The second-order valence-corrected chi connectivity index (χ2v) is 8.62. The number of para-hydroxylation sites is 2. The van der Waals surface area contributed by atoms with E-state index in [0.29, 0.717) is 29.8 Å². The third-order valence-electron chi connectivity index (χ3n) is 5.68. The molecule has 2 aromatic carbocycles. The maximum atomic E-state index is 11.5. The molecular formula is C26H27ClN2O4. The minimum atomic E-state index is -0.929. The maximum absolute atomic E-state index is 11.5. The molecule has 1 N–H and O–H groups in total. The second kappa shape index (κ2) is 10.7. The van der Waals surface area contributed by atoms with Crippen LogP contribution in [0.25, 0.3) is 11.1 Å². The van der Waals surface area contributed by atoms with E-state index < -0.39 is 12.1 Å². The highest BCUT2D eigenvalue weighted by atomic mass is 35.5. The van der Waals surface area contributed by atoms with Crippen LogP contribution in [-0.4, -0.2) is 35.3 Å². The molecule has 0 bridgehead atoms. The number of fused-ring (bicyclic) bond motifs is 1. The number of benzene rings is 2. The van der Waals surface area contributed by atoms with Crippen molar-refractivity contribution in [1.82, 2.24) is 4.98 Å². The molecule has 0 spiro atoms. The molecule has 6 nitrogen and oxygen atoms in total. The van der Waals surface area contributed by atoms with Crippen molar-refractivity contribution >= 4 is 34.7 Å². The van der Waals surface area contributed by atoms with Gasteiger partial charge in [-0.15, -0.1) is 0 Å². The molecular weight excluding hydrogens is 440 g/mol. The van der Waals surface area contributed by atoms with Crippen LogP contribution >= 0.6 is 11.6 Å². The summed E-state index contributed by atoms with van der Waals surface area (Å²) in [7, 11) is 0. The molecule has 4 rings (SSSR count). The fourth-order valence-electron chi connectivity index (χ4n) is 3.91. The predicted molar refractivity (Wildman–Crippen MR) is 130 cm³/mol. The summed E-state index contributed by atoms with van der Waals surface area (Å²) in [4.78, 5) is 18.3. The van der Waals surface area contributed by atoms with E-state index >= 15 is 0 Å². The molecule has 1 heterocycles. The van der Waals surface area contributed by atoms with E-state index in [1.54, 1.807) is 12.2 Å². The molecule has 0 radical (unpaired) electrons. The summed E-state index contributed by atoms with van der Waals surface area (Å²) in [6.07, 6.45) is 6.58. The number of oxazole rings is 1. The van der Waals surface area contributed by atoms with Gasteiger partial charge in [-0.05, 0) is 48.7 Å². The van der Waals surface area contributed by atoms with E-state index in [4.69, 9.17) is 20.8 Å². The molecule has 1 unspecified atom stereocenters. The largest absolute Gasteiger partial charge is 0.478 e. The zero-order chi connectivity index (χ0) is 23.2. The lowest BCUT2D eigenvalue weighted by Gasteiger charge is -2.25. The highest BCUT2D eigenvalue weighted by Crippen LogP contribution is 2.25. The van der Waals surface area contributed by atoms with Crippen molar-refractivity contribution in [3.63, 3.8) is 0 Å². The fourth-order valence-corrected chi connectivity index (χ4v) is 4.04. The number of hydrogen-bond acceptors (Lipinski definition) is 5. The van der Waals surface area contributed by atoms with Gasteiger partial charge in [-0.2, -0.15) is 4.98 Å². The van der Waals surface area contributed by atoms with Crippen molar-refractivity contribution in [2.75, 3.05) is 18.1 Å². The number of carboxylic acids is 1. The lowest BCUT2D eigenvalue weighted by atomic mass is 9.92. The maximum Gasteiger partial charge on any atom is 0.334 e. The Hall–Kier alpha value is -3.09. The van der Waals surface area contributed by atoms with Gasteiger partial charge in [-0.25, -0.2) is 4.79 Å². The number of ether oxygens (including phenoxy) is 1. The number of allylic oxidation sites excluding steroid dienone is 2. The summed E-state index contributed by atoms with van der Waals surface area (Å²) < 4.78 is 12.0. The first kappa shape index (κ1) is 23.1. The van der Waals surface area contributed by atoms with E-state index in [-0.39, 0.29) is 5.92 Å². The number of nitrogens with zero attached hydrogens (tertiary/aromatic N) is 2. The first-order valence-electron chi connectivity index (χ1n) is 11.1. The third kappa shape index (κ3) is 5.83. The Morgan fingerprint density at radius 1 is 1.18 bits per heavy atom. The van der Waals surface area contributed by atoms with E-state index in [1.807, 2.05) is 61.5 Å². The number of carboxylic acid groups (broad SMARTS) is 1. The van der Waals surface area contributed by atoms with Crippen LogP contribution in [0.2, 0.25) is 5.02 Å². The van der Waals surface area contributed by atoms with Gasteiger partial charge < -0.3 is 19.2 Å². The highest BCUT2D eigenvalue weighted by molar-refractivity contribution is 6.30. The number of rotatable bonds is 10. The molecule has 0 saturated carbocycles. The molecule has 0 aliphatic heterocycles. The van der Waals surface area contributed by atoms with Crippen LogP contribution in [0.3, 0.4) is 0 Å². The third-order valence-corrected chi connectivity index (χ3v) is 5.93. The first-order valence-corrected chi connectivity index (χ1v) is 11.5. The molecule has 7 heteroatoms. The van der Waals surface area contributed by atoms with Gasteiger partial charge in [-0.1, -0.05) is 54.9 Å². The van der Waals surface area contributed by atoms with Gasteiger partial charge in [-0.3, -0.25) is 0 Å². The van der Waals surface area contributed by atoms with Gasteiger partial charge in [0.1, 0.15) is 5.52 Å². The number of carbonyl (C=O) groups is 1. The minimum absolute atomic E-state index is 0.0299.